The van der Waals surface area contributed by atoms with Crippen LogP contribution in [0.3, 0.4) is 0 Å². The molecule has 0 aliphatic carbocycles. The third kappa shape index (κ3) is 6.59. The Labute approximate surface area is 198 Å². The van der Waals surface area contributed by atoms with Crippen molar-refractivity contribution < 1.29 is 23.5 Å². The highest BCUT2D eigenvalue weighted by Crippen LogP contribution is 2.26. The van der Waals surface area contributed by atoms with Crippen molar-refractivity contribution in [1.29, 1.82) is 0 Å². The SMILES string of the molecule is CCOC(=O)c1cc(/C=C/c2cc(OCc3ccccc3)cc(OCc3ccccc3)c2)on1. The van der Waals surface area contributed by atoms with Gasteiger partial charge in [-0.25, -0.2) is 4.79 Å². The third-order valence-corrected chi connectivity index (χ3v) is 4.85. The van der Waals surface area contributed by atoms with Gasteiger partial charge in [0.1, 0.15) is 24.7 Å². The number of benzene rings is 3. The molecule has 6 nitrogen and oxygen atoms in total. The fraction of sp³-hybridized carbons (Fsp3) is 0.143. The highest BCUT2D eigenvalue weighted by atomic mass is 16.5. The van der Waals surface area contributed by atoms with Gasteiger partial charge < -0.3 is 18.7 Å². The lowest BCUT2D eigenvalue weighted by Gasteiger charge is -2.12. The molecule has 0 spiro atoms. The molecular weight excluding hydrogens is 430 g/mol. The summed E-state index contributed by atoms with van der Waals surface area (Å²) in [5.41, 5.74) is 3.13. The number of hydrogen-bond acceptors (Lipinski definition) is 6. The molecule has 0 amide bonds. The molecule has 4 aromatic rings. The summed E-state index contributed by atoms with van der Waals surface area (Å²) in [6.45, 7) is 2.90. The lowest BCUT2D eigenvalue weighted by molar-refractivity contribution is 0.0514. The van der Waals surface area contributed by atoms with E-state index in [1.54, 1.807) is 13.0 Å². The van der Waals surface area contributed by atoms with E-state index in [2.05, 4.69) is 5.16 Å². The first-order chi connectivity index (χ1) is 16.7. The van der Waals surface area contributed by atoms with Gasteiger partial charge in [0, 0.05) is 12.1 Å². The molecule has 4 rings (SSSR count). The van der Waals surface area contributed by atoms with E-state index in [9.17, 15) is 4.79 Å². The second kappa shape index (κ2) is 11.5. The Hall–Kier alpha value is -4.32. The minimum atomic E-state index is -0.515. The van der Waals surface area contributed by atoms with Gasteiger partial charge in [0.25, 0.3) is 0 Å². The van der Waals surface area contributed by atoms with Crippen molar-refractivity contribution in [2.24, 2.45) is 0 Å². The van der Waals surface area contributed by atoms with Crippen molar-refractivity contribution >= 4 is 18.1 Å². The standard InChI is InChI=1S/C28H25NO5/c1-2-31-28(30)27-18-24(34-29-27)14-13-23-15-25(32-19-21-9-5-3-6-10-21)17-26(16-23)33-20-22-11-7-4-8-12-22/h3-18H,2,19-20H2,1H3/b14-13+. The first-order valence-corrected chi connectivity index (χ1v) is 11.0. The number of hydrogen-bond donors (Lipinski definition) is 0. The third-order valence-electron chi connectivity index (χ3n) is 4.85. The summed E-state index contributed by atoms with van der Waals surface area (Å²) in [7, 11) is 0. The average molecular weight is 456 g/mol. The molecule has 0 saturated carbocycles. The maximum atomic E-state index is 11.8. The van der Waals surface area contributed by atoms with Crippen LogP contribution in [-0.4, -0.2) is 17.7 Å². The topological polar surface area (TPSA) is 70.8 Å². The number of aromatic nitrogens is 1. The van der Waals surface area contributed by atoms with E-state index in [1.807, 2.05) is 84.9 Å². The average Bonchev–Trinajstić information content (AvgIpc) is 3.36. The molecule has 0 radical (unpaired) electrons. The van der Waals surface area contributed by atoms with Crippen LogP contribution in [0.15, 0.2) is 89.5 Å². The molecule has 0 bridgehead atoms. The molecule has 1 aromatic heterocycles. The van der Waals surface area contributed by atoms with Gasteiger partial charge in [0.05, 0.1) is 6.61 Å². The molecule has 0 aliphatic rings. The van der Waals surface area contributed by atoms with E-state index in [0.717, 1.165) is 16.7 Å². The van der Waals surface area contributed by atoms with Crippen LogP contribution >= 0.6 is 0 Å². The number of rotatable bonds is 10. The molecule has 0 N–H and O–H groups in total. The van der Waals surface area contributed by atoms with Crippen LogP contribution < -0.4 is 9.47 Å². The summed E-state index contributed by atoms with van der Waals surface area (Å²) >= 11 is 0. The quantitative estimate of drug-likeness (QED) is 0.266. The summed E-state index contributed by atoms with van der Waals surface area (Å²) in [5, 5.41) is 3.76. The molecule has 0 saturated heterocycles. The van der Waals surface area contributed by atoms with Gasteiger partial charge in [-0.05, 0) is 41.8 Å². The maximum Gasteiger partial charge on any atom is 0.360 e. The fourth-order valence-corrected chi connectivity index (χ4v) is 3.19. The molecule has 0 aliphatic heterocycles. The molecule has 3 aromatic carbocycles. The zero-order valence-electron chi connectivity index (χ0n) is 18.8. The van der Waals surface area contributed by atoms with Crippen molar-refractivity contribution in [3.8, 4) is 11.5 Å². The Kier molecular flexibility index (Phi) is 7.74. The van der Waals surface area contributed by atoms with Gasteiger partial charge in [-0.2, -0.15) is 0 Å². The van der Waals surface area contributed by atoms with E-state index < -0.39 is 5.97 Å². The zero-order chi connectivity index (χ0) is 23.6. The largest absolute Gasteiger partial charge is 0.489 e. The zero-order valence-corrected chi connectivity index (χ0v) is 18.8. The van der Waals surface area contributed by atoms with Gasteiger partial charge in [-0.1, -0.05) is 71.9 Å². The van der Waals surface area contributed by atoms with Gasteiger partial charge >= 0.3 is 5.97 Å². The van der Waals surface area contributed by atoms with Crippen LogP contribution in [0.2, 0.25) is 0 Å². The minimum absolute atomic E-state index is 0.133. The van der Waals surface area contributed by atoms with Crippen LogP contribution in [-0.2, 0) is 18.0 Å². The van der Waals surface area contributed by atoms with Crippen molar-refractivity contribution in [2.45, 2.75) is 20.1 Å². The first kappa shape index (κ1) is 22.9. The Bertz CT molecular complexity index is 1170. The van der Waals surface area contributed by atoms with Gasteiger partial charge in [0.2, 0.25) is 0 Å². The molecule has 34 heavy (non-hydrogen) atoms. The van der Waals surface area contributed by atoms with E-state index in [4.69, 9.17) is 18.7 Å². The minimum Gasteiger partial charge on any atom is -0.489 e. The maximum absolute atomic E-state index is 11.8. The molecule has 0 unspecified atom stereocenters. The summed E-state index contributed by atoms with van der Waals surface area (Å²) in [6, 6.07) is 27.2. The number of ether oxygens (including phenoxy) is 3. The summed E-state index contributed by atoms with van der Waals surface area (Å²) in [5.74, 6) is 1.28. The lowest BCUT2D eigenvalue weighted by Crippen LogP contribution is -2.04. The smallest absolute Gasteiger partial charge is 0.360 e. The Morgan fingerprint density at radius 1 is 0.824 bits per heavy atom. The van der Waals surface area contributed by atoms with Crippen LogP contribution in [0.1, 0.15) is 39.9 Å². The summed E-state index contributed by atoms with van der Waals surface area (Å²) in [6.07, 6.45) is 3.58. The van der Waals surface area contributed by atoms with E-state index in [1.165, 1.54) is 6.07 Å². The van der Waals surface area contributed by atoms with E-state index >= 15 is 0 Å². The second-order valence-electron chi connectivity index (χ2n) is 7.45. The predicted molar refractivity (Wildman–Crippen MR) is 129 cm³/mol. The molecular formula is C28H25NO5. The second-order valence-corrected chi connectivity index (χ2v) is 7.45. The van der Waals surface area contributed by atoms with Crippen molar-refractivity contribution in [2.75, 3.05) is 6.61 Å². The number of nitrogens with zero attached hydrogens (tertiary/aromatic N) is 1. The van der Waals surface area contributed by atoms with Crippen LogP contribution in [0, 0.1) is 0 Å². The Morgan fingerprint density at radius 2 is 1.41 bits per heavy atom. The number of carbonyl (C=O) groups is 1. The van der Waals surface area contributed by atoms with Crippen LogP contribution in [0.4, 0.5) is 0 Å². The number of esters is 1. The van der Waals surface area contributed by atoms with Crippen molar-refractivity contribution in [1.82, 2.24) is 5.16 Å². The van der Waals surface area contributed by atoms with E-state index in [-0.39, 0.29) is 12.3 Å². The molecule has 0 atom stereocenters. The Morgan fingerprint density at radius 3 is 1.97 bits per heavy atom. The van der Waals surface area contributed by atoms with Gasteiger partial charge in [-0.3, -0.25) is 0 Å². The highest BCUT2D eigenvalue weighted by molar-refractivity contribution is 5.87. The van der Waals surface area contributed by atoms with Gasteiger partial charge in [0.15, 0.2) is 11.5 Å². The van der Waals surface area contributed by atoms with Crippen molar-refractivity contribution in [3.63, 3.8) is 0 Å². The molecule has 172 valence electrons. The van der Waals surface area contributed by atoms with E-state index in [0.29, 0.717) is 30.5 Å². The highest BCUT2D eigenvalue weighted by Gasteiger charge is 2.12. The predicted octanol–water partition coefficient (Wildman–Crippen LogP) is 6.18. The first-order valence-electron chi connectivity index (χ1n) is 11.0. The Balaban J connectivity index is 1.52. The summed E-state index contributed by atoms with van der Waals surface area (Å²) in [4.78, 5) is 11.8. The molecule has 0 fully saturated rings. The van der Waals surface area contributed by atoms with Crippen molar-refractivity contribution in [3.05, 3.63) is 113 Å². The normalized spacial score (nSPS) is 10.9. The summed E-state index contributed by atoms with van der Waals surface area (Å²) < 4.78 is 22.2. The molecule has 1 heterocycles. The monoisotopic (exact) mass is 455 g/mol. The van der Waals surface area contributed by atoms with Crippen LogP contribution in [0.25, 0.3) is 12.2 Å². The van der Waals surface area contributed by atoms with Gasteiger partial charge in [-0.15, -0.1) is 0 Å². The fourth-order valence-electron chi connectivity index (χ4n) is 3.19. The lowest BCUT2D eigenvalue weighted by atomic mass is 10.1. The molecule has 6 heteroatoms. The number of carbonyl (C=O) groups excluding carboxylic acids is 1. The van der Waals surface area contributed by atoms with Crippen LogP contribution in [0.5, 0.6) is 11.5 Å².